The minimum Gasteiger partial charge on any atom is -0.356 e. The molecule has 0 bridgehead atoms. The molecule has 1 saturated heterocycles. The number of rotatable bonds is 5. The van der Waals surface area contributed by atoms with Crippen molar-refractivity contribution in [2.24, 2.45) is 5.92 Å². The Kier molecular flexibility index (Phi) is 5.52. The summed E-state index contributed by atoms with van der Waals surface area (Å²) in [6.07, 6.45) is -3.20. The van der Waals surface area contributed by atoms with Crippen LogP contribution < -0.4 is 5.32 Å². The van der Waals surface area contributed by atoms with E-state index in [-0.39, 0.29) is 24.1 Å². The highest BCUT2D eigenvalue weighted by Crippen LogP contribution is 2.22. The smallest absolute Gasteiger partial charge is 0.356 e. The van der Waals surface area contributed by atoms with Gasteiger partial charge in [0.25, 0.3) is 0 Å². The molecule has 7 heteroatoms. The number of alkyl halides is 4. The fourth-order valence-electron chi connectivity index (χ4n) is 1.91. The van der Waals surface area contributed by atoms with Gasteiger partial charge in [0.2, 0.25) is 5.91 Å². The third-order valence-corrected chi connectivity index (χ3v) is 2.87. The molecule has 3 nitrogen and oxygen atoms in total. The number of hydrogen-bond acceptors (Lipinski definition) is 2. The molecule has 0 radical (unpaired) electrons. The number of carbonyl (C=O) groups is 1. The van der Waals surface area contributed by atoms with Crippen LogP contribution in [0.3, 0.4) is 0 Å². The molecule has 1 unspecified atom stereocenters. The number of carbonyl (C=O) groups excluding carboxylic acids is 1. The van der Waals surface area contributed by atoms with E-state index in [9.17, 15) is 18.0 Å². The van der Waals surface area contributed by atoms with E-state index in [0.717, 1.165) is 0 Å². The summed E-state index contributed by atoms with van der Waals surface area (Å²) in [5.41, 5.74) is 0. The molecule has 1 N–H and O–H groups in total. The first-order valence-corrected chi connectivity index (χ1v) is 6.06. The second-order valence-corrected chi connectivity index (χ2v) is 4.63. The maximum Gasteiger partial charge on any atom is 0.401 e. The Morgan fingerprint density at radius 1 is 1.47 bits per heavy atom. The fourth-order valence-corrected chi connectivity index (χ4v) is 2.08. The van der Waals surface area contributed by atoms with Gasteiger partial charge in [0.05, 0.1) is 6.54 Å². The number of nitrogens with zero attached hydrogens (tertiary/aromatic N) is 1. The first kappa shape index (κ1) is 14.6. The second-order valence-electron chi connectivity index (χ2n) is 4.25. The summed E-state index contributed by atoms with van der Waals surface area (Å²) in [5, 5.41) is 2.68. The highest BCUT2D eigenvalue weighted by molar-refractivity contribution is 6.18. The van der Waals surface area contributed by atoms with Crippen molar-refractivity contribution >= 4 is 17.5 Å². The van der Waals surface area contributed by atoms with E-state index < -0.39 is 12.7 Å². The molecular formula is C10H16ClF3N2O. The van der Waals surface area contributed by atoms with Crippen LogP contribution in [0.4, 0.5) is 13.2 Å². The Bertz CT molecular complexity index is 260. The van der Waals surface area contributed by atoms with Gasteiger partial charge in [0.1, 0.15) is 0 Å². The van der Waals surface area contributed by atoms with Gasteiger partial charge in [0.15, 0.2) is 0 Å². The third kappa shape index (κ3) is 6.12. The van der Waals surface area contributed by atoms with Gasteiger partial charge >= 0.3 is 6.18 Å². The zero-order chi connectivity index (χ0) is 12.9. The number of halogens is 4. The maximum atomic E-state index is 12.1. The van der Waals surface area contributed by atoms with Gasteiger partial charge in [0, 0.05) is 25.4 Å². The maximum absolute atomic E-state index is 12.1. The van der Waals surface area contributed by atoms with Gasteiger partial charge < -0.3 is 5.32 Å². The molecule has 1 atom stereocenters. The van der Waals surface area contributed by atoms with Gasteiger partial charge in [-0.3, -0.25) is 9.69 Å². The normalized spacial score (nSPS) is 21.8. The van der Waals surface area contributed by atoms with Crippen LogP contribution in [0, 0.1) is 5.92 Å². The van der Waals surface area contributed by atoms with E-state index in [2.05, 4.69) is 5.32 Å². The van der Waals surface area contributed by atoms with Crippen LogP contribution in [-0.4, -0.2) is 49.0 Å². The quantitative estimate of drug-likeness (QED) is 0.772. The van der Waals surface area contributed by atoms with Crippen molar-refractivity contribution in [3.05, 3.63) is 0 Å². The van der Waals surface area contributed by atoms with Crippen molar-refractivity contribution in [3.63, 3.8) is 0 Å². The molecule has 0 spiro atoms. The molecule has 0 aromatic carbocycles. The molecule has 1 amide bonds. The number of amides is 1. The predicted molar refractivity (Wildman–Crippen MR) is 58.9 cm³/mol. The largest absolute Gasteiger partial charge is 0.401 e. The van der Waals surface area contributed by atoms with Crippen molar-refractivity contribution in [1.82, 2.24) is 10.2 Å². The number of hydrogen-bond donors (Lipinski definition) is 1. The van der Waals surface area contributed by atoms with Crippen molar-refractivity contribution in [3.8, 4) is 0 Å². The van der Waals surface area contributed by atoms with Gasteiger partial charge in [-0.05, 0) is 18.9 Å². The lowest BCUT2D eigenvalue weighted by atomic mass is 10.1. The summed E-state index contributed by atoms with van der Waals surface area (Å²) in [4.78, 5) is 12.5. The molecule has 1 rings (SSSR count). The molecule has 1 heterocycles. The molecule has 1 aliphatic heterocycles. The average molecular weight is 273 g/mol. The highest BCUT2D eigenvalue weighted by Gasteiger charge is 2.34. The first-order chi connectivity index (χ1) is 7.90. The van der Waals surface area contributed by atoms with Crippen molar-refractivity contribution in [1.29, 1.82) is 0 Å². The molecule has 0 aliphatic carbocycles. The lowest BCUT2D eigenvalue weighted by Crippen LogP contribution is -2.34. The standard InChI is InChI=1S/C10H16ClF3N2O/c11-3-1-9(17)15-5-8-2-4-16(6-8)7-10(12,13)14/h8H,1-7H2,(H,15,17). The summed E-state index contributed by atoms with van der Waals surface area (Å²) in [7, 11) is 0. The minimum absolute atomic E-state index is 0.108. The lowest BCUT2D eigenvalue weighted by molar-refractivity contribution is -0.143. The van der Waals surface area contributed by atoms with E-state index in [4.69, 9.17) is 11.6 Å². The van der Waals surface area contributed by atoms with Crippen molar-refractivity contribution in [2.75, 3.05) is 32.1 Å². The van der Waals surface area contributed by atoms with Crippen LogP contribution in [0.15, 0.2) is 0 Å². The summed E-state index contributed by atoms with van der Waals surface area (Å²) in [5.74, 6) is 0.224. The molecule has 1 fully saturated rings. The van der Waals surface area contributed by atoms with Crippen LogP contribution in [0.1, 0.15) is 12.8 Å². The van der Waals surface area contributed by atoms with Crippen molar-refractivity contribution in [2.45, 2.75) is 19.0 Å². The number of nitrogens with one attached hydrogen (secondary N) is 1. The summed E-state index contributed by atoms with van der Waals surface area (Å²) >= 11 is 5.39. The van der Waals surface area contributed by atoms with E-state index in [0.29, 0.717) is 26.1 Å². The van der Waals surface area contributed by atoms with E-state index in [1.165, 1.54) is 4.90 Å². The number of likely N-dealkylation sites (tertiary alicyclic amines) is 1. The van der Waals surface area contributed by atoms with Gasteiger partial charge in [-0.15, -0.1) is 11.6 Å². The van der Waals surface area contributed by atoms with E-state index >= 15 is 0 Å². The van der Waals surface area contributed by atoms with Crippen LogP contribution in [0.25, 0.3) is 0 Å². The zero-order valence-electron chi connectivity index (χ0n) is 9.39. The van der Waals surface area contributed by atoms with Crippen LogP contribution in [0.2, 0.25) is 0 Å². The molecule has 100 valence electrons. The summed E-state index contributed by atoms with van der Waals surface area (Å²) < 4.78 is 36.4. The van der Waals surface area contributed by atoms with Crippen molar-refractivity contribution < 1.29 is 18.0 Å². The highest BCUT2D eigenvalue weighted by atomic mass is 35.5. The average Bonchev–Trinajstić information content (AvgIpc) is 2.60. The Labute approximate surface area is 103 Å². The Morgan fingerprint density at radius 3 is 2.76 bits per heavy atom. The zero-order valence-corrected chi connectivity index (χ0v) is 10.2. The van der Waals surface area contributed by atoms with Gasteiger partial charge in [-0.1, -0.05) is 0 Å². The predicted octanol–water partition coefficient (Wildman–Crippen LogP) is 1.62. The summed E-state index contributed by atoms with van der Waals surface area (Å²) in [6, 6.07) is 0. The van der Waals surface area contributed by atoms with Gasteiger partial charge in [-0.25, -0.2) is 0 Å². The monoisotopic (exact) mass is 272 g/mol. The second kappa shape index (κ2) is 6.44. The van der Waals surface area contributed by atoms with Crippen LogP contribution >= 0.6 is 11.6 Å². The summed E-state index contributed by atoms with van der Waals surface area (Å²) in [6.45, 7) is 0.402. The minimum atomic E-state index is -4.14. The third-order valence-electron chi connectivity index (χ3n) is 2.68. The molecular weight excluding hydrogens is 257 g/mol. The topological polar surface area (TPSA) is 32.3 Å². The Balaban J connectivity index is 2.20. The van der Waals surface area contributed by atoms with Crippen LogP contribution in [-0.2, 0) is 4.79 Å². The Morgan fingerprint density at radius 2 is 2.18 bits per heavy atom. The van der Waals surface area contributed by atoms with E-state index in [1.807, 2.05) is 0 Å². The van der Waals surface area contributed by atoms with Crippen LogP contribution in [0.5, 0.6) is 0 Å². The Hall–Kier alpha value is -0.490. The lowest BCUT2D eigenvalue weighted by Gasteiger charge is -2.17. The molecule has 1 aliphatic rings. The van der Waals surface area contributed by atoms with Gasteiger partial charge in [-0.2, -0.15) is 13.2 Å². The first-order valence-electron chi connectivity index (χ1n) is 5.52. The fraction of sp³-hybridized carbons (Fsp3) is 0.900. The molecule has 0 aromatic heterocycles. The van der Waals surface area contributed by atoms with E-state index in [1.54, 1.807) is 0 Å². The SMILES string of the molecule is O=C(CCCl)NCC1CCN(CC(F)(F)F)C1. The molecule has 17 heavy (non-hydrogen) atoms. The molecule has 0 saturated carbocycles. The molecule has 0 aromatic rings.